The van der Waals surface area contributed by atoms with E-state index in [1.165, 1.54) is 0 Å². The molecule has 4 aliphatic carbocycles. The number of likely N-dealkylation sites (tertiary alicyclic amines) is 1. The lowest BCUT2D eigenvalue weighted by Crippen LogP contribution is -2.56. The molecule has 5 fully saturated rings. The van der Waals surface area contributed by atoms with Crippen molar-refractivity contribution in [3.63, 3.8) is 0 Å². The minimum Gasteiger partial charge on any atom is -0.347 e. The molecule has 282 valence electrons. The number of nitrogens with one attached hydrogen (secondary N) is 2. The Balaban J connectivity index is 1.33. The number of rotatable bonds is 15. The third kappa shape index (κ3) is 8.66. The highest BCUT2D eigenvalue weighted by Crippen LogP contribution is 2.65. The number of hydrogen-bond acceptors (Lipinski definition) is 7. The molecular formula is C39H63N3O7S. The van der Waals surface area contributed by atoms with Gasteiger partial charge in [-0.05, 0) is 93.3 Å². The van der Waals surface area contributed by atoms with Gasteiger partial charge in [0.2, 0.25) is 17.6 Å². The van der Waals surface area contributed by atoms with Crippen LogP contribution in [-0.4, -0.2) is 77.8 Å². The summed E-state index contributed by atoms with van der Waals surface area (Å²) in [5, 5.41) is 5.71. The van der Waals surface area contributed by atoms with Crippen molar-refractivity contribution in [2.45, 2.75) is 162 Å². The Morgan fingerprint density at radius 1 is 0.900 bits per heavy atom. The van der Waals surface area contributed by atoms with Crippen molar-refractivity contribution in [2.24, 2.45) is 39.9 Å². The van der Waals surface area contributed by atoms with Gasteiger partial charge in [-0.1, -0.05) is 66.7 Å². The zero-order chi connectivity index (χ0) is 37.0. The number of fused-ring (bicyclic) bond motifs is 1. The molecule has 10 nitrogen and oxygen atoms in total. The smallest absolute Gasteiger partial charge is 0.289 e. The van der Waals surface area contributed by atoms with E-state index in [4.69, 9.17) is 0 Å². The summed E-state index contributed by atoms with van der Waals surface area (Å²) >= 11 is 0. The van der Waals surface area contributed by atoms with E-state index >= 15 is 0 Å². The van der Waals surface area contributed by atoms with Crippen LogP contribution in [0.5, 0.6) is 0 Å². The van der Waals surface area contributed by atoms with Crippen LogP contribution in [0.2, 0.25) is 0 Å². The van der Waals surface area contributed by atoms with E-state index < -0.39 is 61.0 Å². The van der Waals surface area contributed by atoms with E-state index in [1.54, 1.807) is 25.7 Å². The second-order valence-electron chi connectivity index (χ2n) is 19.4. The molecule has 5 atom stereocenters. The minimum atomic E-state index is -3.47. The quantitative estimate of drug-likeness (QED) is 0.222. The zero-order valence-corrected chi connectivity index (χ0v) is 32.7. The third-order valence-electron chi connectivity index (χ3n) is 12.8. The first-order chi connectivity index (χ1) is 23.1. The minimum absolute atomic E-state index is 0.0208. The van der Waals surface area contributed by atoms with Crippen LogP contribution in [0, 0.1) is 39.9 Å². The van der Waals surface area contributed by atoms with Gasteiger partial charge in [-0.2, -0.15) is 0 Å². The molecular weight excluding hydrogens is 655 g/mol. The van der Waals surface area contributed by atoms with E-state index in [9.17, 15) is 32.4 Å². The Bertz CT molecular complexity index is 1460. The molecule has 1 heterocycles. The maximum Gasteiger partial charge on any atom is 0.289 e. The normalized spacial score (nSPS) is 27.1. The maximum absolute atomic E-state index is 14.6. The fraction of sp³-hybridized carbons (Fsp3) is 0.872. The van der Waals surface area contributed by atoms with Crippen molar-refractivity contribution < 1.29 is 32.4 Å². The van der Waals surface area contributed by atoms with Crippen LogP contribution >= 0.6 is 0 Å². The number of hydrogen-bond donors (Lipinski definition) is 2. The molecule has 0 radical (unpaired) electrons. The SMILES string of the molecule is CC(C)(C)[C@H](CC(=O)CC1(CS(=O)(=O)C(C)(C)C)CCCCC1)C(=O)N1C[C@H]2[C@@H]([C@H]1C(=O)N[C@@H](CCC1CC1)C(=O)C(=O)NC1CC1)C2(C)C. The lowest BCUT2D eigenvalue weighted by molar-refractivity contribution is -0.149. The number of nitrogens with zero attached hydrogens (tertiary/aromatic N) is 1. The Labute approximate surface area is 300 Å². The van der Waals surface area contributed by atoms with Crippen molar-refractivity contribution in [3.8, 4) is 0 Å². The number of amides is 3. The standard InChI is InChI=1S/C39H63N3O7S/c1-36(2,3)27(20-26(43)21-39(18-10-9-11-19-39)23-50(48,49)37(4,5)6)35(47)42-22-28-30(38(28,7)8)31(42)33(45)41-29(17-14-24-12-13-24)32(44)34(46)40-25-15-16-25/h24-25,27-31H,9-23H2,1-8H3,(H,40,46)(H,41,45)/t27-,28+,29+,30+,31+/m1/s1. The monoisotopic (exact) mass is 717 g/mol. The Morgan fingerprint density at radius 3 is 2.06 bits per heavy atom. The molecule has 0 aromatic carbocycles. The summed E-state index contributed by atoms with van der Waals surface area (Å²) in [6, 6.07) is -1.72. The van der Waals surface area contributed by atoms with Crippen molar-refractivity contribution in [3.05, 3.63) is 0 Å². The van der Waals surface area contributed by atoms with Gasteiger partial charge in [-0.15, -0.1) is 0 Å². The summed E-state index contributed by atoms with van der Waals surface area (Å²) in [4.78, 5) is 70.6. The first-order valence-corrected chi connectivity index (χ1v) is 20.9. The highest BCUT2D eigenvalue weighted by molar-refractivity contribution is 7.92. The van der Waals surface area contributed by atoms with Crippen LogP contribution in [-0.2, 0) is 33.8 Å². The second-order valence-corrected chi connectivity index (χ2v) is 22.1. The van der Waals surface area contributed by atoms with E-state index in [0.29, 0.717) is 31.7 Å². The van der Waals surface area contributed by atoms with Crippen LogP contribution in [0.4, 0.5) is 0 Å². The van der Waals surface area contributed by atoms with E-state index in [0.717, 1.165) is 51.4 Å². The molecule has 1 saturated heterocycles. The molecule has 1 aliphatic heterocycles. The molecule has 0 aromatic rings. The number of piperidine rings is 1. The predicted molar refractivity (Wildman–Crippen MR) is 193 cm³/mol. The van der Waals surface area contributed by atoms with Gasteiger partial charge in [0.05, 0.1) is 16.5 Å². The lowest BCUT2D eigenvalue weighted by Gasteiger charge is -2.40. The molecule has 4 saturated carbocycles. The lowest BCUT2D eigenvalue weighted by atomic mass is 9.70. The number of carbonyl (C=O) groups excluding carboxylic acids is 5. The molecule has 0 bridgehead atoms. The van der Waals surface area contributed by atoms with Crippen LogP contribution in [0.1, 0.15) is 139 Å². The fourth-order valence-corrected chi connectivity index (χ4v) is 10.4. The molecule has 5 aliphatic rings. The summed E-state index contributed by atoms with van der Waals surface area (Å²) < 4.78 is 25.9. The average molecular weight is 718 g/mol. The molecule has 0 spiro atoms. The number of carbonyl (C=O) groups is 5. The molecule has 2 N–H and O–H groups in total. The number of sulfone groups is 1. The topological polar surface area (TPSA) is 147 Å². The van der Waals surface area contributed by atoms with Crippen LogP contribution in [0.3, 0.4) is 0 Å². The number of ketones is 2. The highest BCUT2D eigenvalue weighted by atomic mass is 32.2. The summed E-state index contributed by atoms with van der Waals surface area (Å²) in [6.07, 6.45) is 9.25. The van der Waals surface area contributed by atoms with Crippen LogP contribution in [0.25, 0.3) is 0 Å². The van der Waals surface area contributed by atoms with Crippen LogP contribution < -0.4 is 10.6 Å². The molecule has 50 heavy (non-hydrogen) atoms. The van der Waals surface area contributed by atoms with Crippen molar-refractivity contribution in [1.29, 1.82) is 0 Å². The summed E-state index contributed by atoms with van der Waals surface area (Å²) in [6.45, 7) is 15.5. The Kier molecular flexibility index (Phi) is 10.8. The first-order valence-electron chi connectivity index (χ1n) is 19.3. The van der Waals surface area contributed by atoms with Gasteiger partial charge in [0.1, 0.15) is 11.8 Å². The Morgan fingerprint density at radius 2 is 1.52 bits per heavy atom. The molecule has 3 amide bonds. The molecule has 0 aromatic heterocycles. The summed E-state index contributed by atoms with van der Waals surface area (Å²) in [7, 11) is -3.47. The van der Waals surface area contributed by atoms with Gasteiger partial charge >= 0.3 is 0 Å². The predicted octanol–water partition coefficient (Wildman–Crippen LogP) is 5.17. The average Bonchev–Trinajstić information content (AvgIpc) is 3.95. The van der Waals surface area contributed by atoms with Gasteiger partial charge in [0.15, 0.2) is 9.84 Å². The van der Waals surface area contributed by atoms with E-state index in [-0.39, 0.29) is 53.6 Å². The fourth-order valence-electron chi connectivity index (χ4n) is 8.77. The van der Waals surface area contributed by atoms with Gasteiger partial charge < -0.3 is 15.5 Å². The van der Waals surface area contributed by atoms with Gasteiger partial charge in [-0.3, -0.25) is 24.0 Å². The van der Waals surface area contributed by atoms with Crippen molar-refractivity contribution in [2.75, 3.05) is 12.3 Å². The highest BCUT2D eigenvalue weighted by Gasteiger charge is 2.70. The van der Waals surface area contributed by atoms with E-state index in [1.807, 2.05) is 20.8 Å². The zero-order valence-electron chi connectivity index (χ0n) is 31.9. The van der Waals surface area contributed by atoms with Gasteiger partial charge in [0.25, 0.3) is 5.91 Å². The van der Waals surface area contributed by atoms with Gasteiger partial charge in [-0.25, -0.2) is 8.42 Å². The van der Waals surface area contributed by atoms with Crippen LogP contribution in [0.15, 0.2) is 0 Å². The van der Waals surface area contributed by atoms with Crippen molar-refractivity contribution in [1.82, 2.24) is 15.5 Å². The largest absolute Gasteiger partial charge is 0.347 e. The molecule has 5 rings (SSSR count). The first kappa shape index (κ1) is 38.9. The number of Topliss-reactive ketones (excluding diaryl/α,β-unsaturated/α-hetero) is 2. The third-order valence-corrected chi connectivity index (χ3v) is 15.6. The van der Waals surface area contributed by atoms with E-state index in [2.05, 4.69) is 24.5 Å². The van der Waals surface area contributed by atoms with Gasteiger partial charge in [0, 0.05) is 31.3 Å². The molecule has 0 unspecified atom stereocenters. The molecule has 11 heteroatoms. The summed E-state index contributed by atoms with van der Waals surface area (Å²) in [5.74, 6) is -2.25. The second kappa shape index (κ2) is 13.9. The Hall–Kier alpha value is -2.30. The summed E-state index contributed by atoms with van der Waals surface area (Å²) in [5.41, 5.74) is -1.39. The van der Waals surface area contributed by atoms with Crippen molar-refractivity contribution >= 4 is 39.1 Å². The maximum atomic E-state index is 14.6.